The molecule has 0 heterocycles. The third kappa shape index (κ3) is 2.67. The second-order valence-corrected chi connectivity index (χ2v) is 7.46. The average molecular weight is 365 g/mol. The molecule has 1 unspecified atom stereocenters. The van der Waals surface area contributed by atoms with E-state index in [1.165, 1.54) is 33.4 Å². The Morgan fingerprint density at radius 3 is 1.86 bits per heavy atom. The molecule has 0 spiro atoms. The van der Waals surface area contributed by atoms with E-state index in [2.05, 4.69) is 104 Å². The lowest BCUT2D eigenvalue weighted by Crippen LogP contribution is -2.29. The predicted octanol–water partition coefficient (Wildman–Crippen LogP) is 7.41. The van der Waals surface area contributed by atoms with Crippen molar-refractivity contribution in [3.8, 4) is 0 Å². The second kappa shape index (κ2) is 7.64. The highest BCUT2D eigenvalue weighted by Gasteiger charge is 2.47. The van der Waals surface area contributed by atoms with Gasteiger partial charge < -0.3 is 0 Å². The van der Waals surface area contributed by atoms with Gasteiger partial charge in [0.1, 0.15) is 0 Å². The van der Waals surface area contributed by atoms with Crippen molar-refractivity contribution in [1.29, 1.82) is 0 Å². The normalized spacial score (nSPS) is 18.8. The molecule has 5 rings (SSSR count). The van der Waals surface area contributed by atoms with E-state index in [1.54, 1.807) is 0 Å². The molecule has 0 aromatic heterocycles. The highest BCUT2D eigenvalue weighted by atomic mass is 14.5. The van der Waals surface area contributed by atoms with Crippen LogP contribution in [0.1, 0.15) is 49.4 Å². The number of allylic oxidation sites excluding steroid dienone is 4. The van der Waals surface area contributed by atoms with Crippen LogP contribution >= 0.6 is 0 Å². The first-order chi connectivity index (χ1) is 13.8. The molecule has 0 bridgehead atoms. The van der Waals surface area contributed by atoms with Gasteiger partial charge in [0.2, 0.25) is 0 Å². The topological polar surface area (TPSA) is 0 Å². The Labute approximate surface area is 169 Å². The Kier molecular flexibility index (Phi) is 5.05. The van der Waals surface area contributed by atoms with Gasteiger partial charge in [0.25, 0.3) is 0 Å². The van der Waals surface area contributed by atoms with Crippen LogP contribution in [0.2, 0.25) is 0 Å². The summed E-state index contributed by atoms with van der Waals surface area (Å²) in [7, 11) is 0. The maximum atomic E-state index is 2.39. The van der Waals surface area contributed by atoms with E-state index in [0.717, 1.165) is 6.42 Å². The van der Waals surface area contributed by atoms with Crippen molar-refractivity contribution in [3.05, 3.63) is 125 Å². The van der Waals surface area contributed by atoms with Gasteiger partial charge in [-0.15, -0.1) is 0 Å². The summed E-state index contributed by atoms with van der Waals surface area (Å²) in [6, 6.07) is 31.0. The summed E-state index contributed by atoms with van der Waals surface area (Å²) in [4.78, 5) is 0. The van der Waals surface area contributed by atoms with Crippen LogP contribution in [-0.2, 0) is 5.41 Å². The zero-order chi connectivity index (χ0) is 19.6. The van der Waals surface area contributed by atoms with Crippen LogP contribution < -0.4 is 0 Å². The fourth-order valence-corrected chi connectivity index (χ4v) is 4.85. The second-order valence-electron chi connectivity index (χ2n) is 7.46. The molecule has 140 valence electrons. The van der Waals surface area contributed by atoms with Crippen molar-refractivity contribution >= 4 is 5.57 Å². The van der Waals surface area contributed by atoms with Crippen molar-refractivity contribution in [3.63, 3.8) is 0 Å². The Balaban J connectivity index is 0.000000932. The van der Waals surface area contributed by atoms with Gasteiger partial charge in [-0.3, -0.25) is 0 Å². The number of benzene rings is 3. The minimum atomic E-state index is -0.217. The lowest BCUT2D eigenvalue weighted by Gasteiger charge is -2.35. The molecule has 0 aliphatic heterocycles. The Morgan fingerprint density at radius 1 is 0.714 bits per heavy atom. The van der Waals surface area contributed by atoms with Crippen LogP contribution in [-0.4, -0.2) is 0 Å². The molecular weight excluding hydrogens is 336 g/mol. The lowest BCUT2D eigenvalue weighted by molar-refractivity contribution is 0.718. The van der Waals surface area contributed by atoms with Crippen molar-refractivity contribution in [2.75, 3.05) is 0 Å². The van der Waals surface area contributed by atoms with Crippen LogP contribution in [0.25, 0.3) is 5.57 Å². The summed E-state index contributed by atoms with van der Waals surface area (Å²) < 4.78 is 0. The molecule has 0 fully saturated rings. The fourth-order valence-electron chi connectivity index (χ4n) is 4.85. The summed E-state index contributed by atoms with van der Waals surface area (Å²) in [5.74, 6) is 0.587. The van der Waals surface area contributed by atoms with Crippen LogP contribution in [0.15, 0.2) is 103 Å². The van der Waals surface area contributed by atoms with E-state index in [9.17, 15) is 0 Å². The molecule has 1 atom stereocenters. The van der Waals surface area contributed by atoms with Gasteiger partial charge >= 0.3 is 0 Å². The molecule has 0 amide bonds. The van der Waals surface area contributed by atoms with Gasteiger partial charge in [-0.05, 0) is 45.7 Å². The number of fused-ring (bicyclic) bond motifs is 2. The SMILES string of the molecule is CC.CC1C=CC2=C(C1)c1ccccc1C2(c1ccccc1)c1ccccc1. The Morgan fingerprint density at radius 2 is 1.25 bits per heavy atom. The summed E-state index contributed by atoms with van der Waals surface area (Å²) in [6.45, 7) is 6.31. The van der Waals surface area contributed by atoms with E-state index >= 15 is 0 Å². The smallest absolute Gasteiger partial charge is 0.0710 e. The summed E-state index contributed by atoms with van der Waals surface area (Å²) in [5.41, 5.74) is 8.29. The van der Waals surface area contributed by atoms with Gasteiger partial charge in [0.15, 0.2) is 0 Å². The van der Waals surface area contributed by atoms with Crippen molar-refractivity contribution < 1.29 is 0 Å². The molecule has 28 heavy (non-hydrogen) atoms. The van der Waals surface area contributed by atoms with E-state index < -0.39 is 0 Å². The van der Waals surface area contributed by atoms with Gasteiger partial charge in [-0.1, -0.05) is 118 Å². The third-order valence-corrected chi connectivity index (χ3v) is 5.92. The van der Waals surface area contributed by atoms with Gasteiger partial charge in [-0.25, -0.2) is 0 Å². The van der Waals surface area contributed by atoms with E-state index in [1.807, 2.05) is 13.8 Å². The molecule has 0 radical (unpaired) electrons. The van der Waals surface area contributed by atoms with Crippen LogP contribution in [0.4, 0.5) is 0 Å². The molecule has 3 aromatic carbocycles. The first-order valence-corrected chi connectivity index (χ1v) is 10.4. The summed E-state index contributed by atoms with van der Waals surface area (Å²) >= 11 is 0. The number of hydrogen-bond acceptors (Lipinski definition) is 0. The first kappa shape index (κ1) is 18.5. The highest BCUT2D eigenvalue weighted by Crippen LogP contribution is 2.57. The molecule has 2 aliphatic rings. The van der Waals surface area contributed by atoms with Gasteiger partial charge in [-0.2, -0.15) is 0 Å². The van der Waals surface area contributed by atoms with Crippen molar-refractivity contribution in [2.45, 2.75) is 32.6 Å². The minimum absolute atomic E-state index is 0.217. The molecule has 3 aromatic rings. The molecular formula is C28H28. The molecule has 0 saturated carbocycles. The molecule has 0 saturated heterocycles. The van der Waals surface area contributed by atoms with Crippen LogP contribution in [0.5, 0.6) is 0 Å². The highest BCUT2D eigenvalue weighted by molar-refractivity contribution is 5.88. The van der Waals surface area contributed by atoms with E-state index in [-0.39, 0.29) is 5.41 Å². The Bertz CT molecular complexity index is 967. The average Bonchev–Trinajstić information content (AvgIpc) is 3.07. The molecule has 2 aliphatic carbocycles. The Hall–Kier alpha value is -2.86. The largest absolute Gasteiger partial charge is 0.0810 e. The lowest BCUT2D eigenvalue weighted by atomic mass is 9.66. The van der Waals surface area contributed by atoms with Gasteiger partial charge in [0.05, 0.1) is 5.41 Å². The molecule has 0 N–H and O–H groups in total. The number of hydrogen-bond donors (Lipinski definition) is 0. The molecule has 0 nitrogen and oxygen atoms in total. The monoisotopic (exact) mass is 364 g/mol. The fraction of sp³-hybridized carbons (Fsp3) is 0.214. The number of rotatable bonds is 2. The zero-order valence-electron chi connectivity index (χ0n) is 17.0. The van der Waals surface area contributed by atoms with Gasteiger partial charge in [0, 0.05) is 0 Å². The quantitative estimate of drug-likeness (QED) is 0.444. The van der Waals surface area contributed by atoms with E-state index in [0.29, 0.717) is 5.92 Å². The summed E-state index contributed by atoms with van der Waals surface area (Å²) in [6.07, 6.45) is 5.89. The zero-order valence-corrected chi connectivity index (χ0v) is 17.0. The summed E-state index contributed by atoms with van der Waals surface area (Å²) in [5, 5.41) is 0. The first-order valence-electron chi connectivity index (χ1n) is 10.4. The standard InChI is InChI=1S/C26H22.C2H6/c1-19-16-17-25-23(18-19)22-14-8-9-15-24(22)26(25,20-10-4-2-5-11-20)21-12-6-3-7-13-21;1-2/h2-17,19H,18H2,1H3;1-2H3. The van der Waals surface area contributed by atoms with E-state index in [4.69, 9.17) is 0 Å². The van der Waals surface area contributed by atoms with Crippen LogP contribution in [0.3, 0.4) is 0 Å². The van der Waals surface area contributed by atoms with Crippen molar-refractivity contribution in [1.82, 2.24) is 0 Å². The third-order valence-electron chi connectivity index (χ3n) is 5.92. The molecule has 0 heteroatoms. The minimum Gasteiger partial charge on any atom is -0.0810 e. The maximum Gasteiger partial charge on any atom is 0.0710 e. The maximum absolute atomic E-state index is 2.39. The van der Waals surface area contributed by atoms with Crippen molar-refractivity contribution in [2.24, 2.45) is 5.92 Å². The predicted molar refractivity (Wildman–Crippen MR) is 120 cm³/mol. The van der Waals surface area contributed by atoms with Crippen LogP contribution in [0, 0.1) is 5.92 Å².